The molecule has 1 aliphatic rings. The van der Waals surface area contributed by atoms with E-state index < -0.39 is 5.97 Å². The molecule has 1 fully saturated rings. The minimum atomic E-state index is -0.992. The number of aromatic carboxylic acids is 1. The van der Waals surface area contributed by atoms with Crippen LogP contribution in [-0.2, 0) is 4.74 Å². The Morgan fingerprint density at radius 1 is 1.50 bits per heavy atom. The molecule has 1 aliphatic heterocycles. The molecule has 0 aromatic heterocycles. The van der Waals surface area contributed by atoms with E-state index in [1.54, 1.807) is 6.07 Å². The van der Waals surface area contributed by atoms with Crippen LogP contribution in [0, 0.1) is 0 Å². The second-order valence-corrected chi connectivity index (χ2v) is 4.36. The Morgan fingerprint density at radius 2 is 2.33 bits per heavy atom. The summed E-state index contributed by atoms with van der Waals surface area (Å²) in [5, 5.41) is 8.90. The van der Waals surface area contributed by atoms with E-state index in [2.05, 4.69) is 0 Å². The van der Waals surface area contributed by atoms with Crippen LogP contribution >= 0.6 is 0 Å². The Morgan fingerprint density at radius 3 is 3.00 bits per heavy atom. The number of carboxylic acids is 1. The smallest absolute Gasteiger partial charge is 0.335 e. The fourth-order valence-corrected chi connectivity index (χ4v) is 1.91. The van der Waals surface area contributed by atoms with Crippen LogP contribution in [0.5, 0.6) is 5.75 Å². The molecular formula is C13H17NO4. The fraction of sp³-hybridized carbons (Fsp3) is 0.462. The molecule has 2 rings (SSSR count). The first-order valence-electron chi connectivity index (χ1n) is 6.04. The molecule has 18 heavy (non-hydrogen) atoms. The number of carbonyl (C=O) groups is 1. The number of hydrogen-bond donors (Lipinski definition) is 2. The van der Waals surface area contributed by atoms with E-state index in [1.165, 1.54) is 12.1 Å². The predicted octanol–water partition coefficient (Wildman–Crippen LogP) is 1.91. The first-order valence-corrected chi connectivity index (χ1v) is 6.04. The number of ether oxygens (including phenoxy) is 2. The lowest BCUT2D eigenvalue weighted by molar-refractivity contribution is -0.0109. The van der Waals surface area contributed by atoms with Crippen LogP contribution < -0.4 is 10.5 Å². The molecule has 1 aromatic rings. The van der Waals surface area contributed by atoms with Gasteiger partial charge in [-0.2, -0.15) is 0 Å². The molecule has 0 bridgehead atoms. The predicted molar refractivity (Wildman–Crippen MR) is 66.9 cm³/mol. The molecule has 1 unspecified atom stereocenters. The van der Waals surface area contributed by atoms with Crippen LogP contribution in [0.3, 0.4) is 0 Å². The Bertz CT molecular complexity index is 427. The summed E-state index contributed by atoms with van der Waals surface area (Å²) >= 11 is 0. The highest BCUT2D eigenvalue weighted by atomic mass is 16.5. The maximum absolute atomic E-state index is 10.8. The zero-order valence-electron chi connectivity index (χ0n) is 10.1. The molecular weight excluding hydrogens is 234 g/mol. The van der Waals surface area contributed by atoms with Crippen molar-refractivity contribution in [3.05, 3.63) is 23.8 Å². The summed E-state index contributed by atoms with van der Waals surface area (Å²) < 4.78 is 11.1. The zero-order chi connectivity index (χ0) is 13.0. The minimum Gasteiger partial charge on any atom is -0.489 e. The normalized spacial score (nSPS) is 19.4. The monoisotopic (exact) mass is 251 g/mol. The first-order chi connectivity index (χ1) is 8.66. The summed E-state index contributed by atoms with van der Waals surface area (Å²) in [6.07, 6.45) is 3.27. The van der Waals surface area contributed by atoms with Crippen LogP contribution in [0.1, 0.15) is 29.6 Å². The Hall–Kier alpha value is -1.75. The van der Waals surface area contributed by atoms with E-state index >= 15 is 0 Å². The number of nitrogens with two attached hydrogens (primary N) is 1. The van der Waals surface area contributed by atoms with Gasteiger partial charge in [-0.15, -0.1) is 0 Å². The average molecular weight is 251 g/mol. The van der Waals surface area contributed by atoms with E-state index in [4.69, 9.17) is 20.3 Å². The highest BCUT2D eigenvalue weighted by Gasteiger charge is 2.15. The molecule has 0 amide bonds. The molecule has 0 spiro atoms. The number of anilines is 1. The number of carboxylic acid groups (broad SMARTS) is 1. The van der Waals surface area contributed by atoms with Gasteiger partial charge in [0.2, 0.25) is 0 Å². The minimum absolute atomic E-state index is 0.0756. The van der Waals surface area contributed by atoms with Gasteiger partial charge in [0.05, 0.1) is 17.4 Å². The SMILES string of the molecule is Nc1ccc(C(=O)O)cc1OCC1CCCCO1. The Kier molecular flexibility index (Phi) is 4.04. The van der Waals surface area contributed by atoms with E-state index in [9.17, 15) is 4.79 Å². The molecule has 0 aliphatic carbocycles. The van der Waals surface area contributed by atoms with Gasteiger partial charge in [-0.3, -0.25) is 0 Å². The highest BCUT2D eigenvalue weighted by molar-refractivity contribution is 5.89. The summed E-state index contributed by atoms with van der Waals surface area (Å²) in [5.74, 6) is -0.585. The van der Waals surface area contributed by atoms with Crippen LogP contribution in [0.4, 0.5) is 5.69 Å². The molecule has 0 saturated carbocycles. The second kappa shape index (κ2) is 5.73. The molecule has 1 saturated heterocycles. The van der Waals surface area contributed by atoms with Gasteiger partial charge in [-0.1, -0.05) is 0 Å². The average Bonchev–Trinajstić information content (AvgIpc) is 2.38. The van der Waals surface area contributed by atoms with E-state index in [0.717, 1.165) is 25.9 Å². The van der Waals surface area contributed by atoms with Crippen molar-refractivity contribution < 1.29 is 19.4 Å². The van der Waals surface area contributed by atoms with Gasteiger partial charge in [0.1, 0.15) is 12.4 Å². The van der Waals surface area contributed by atoms with Gasteiger partial charge in [0.15, 0.2) is 0 Å². The third-order valence-corrected chi connectivity index (χ3v) is 2.96. The zero-order valence-corrected chi connectivity index (χ0v) is 10.1. The van der Waals surface area contributed by atoms with Crippen molar-refractivity contribution in [2.75, 3.05) is 18.9 Å². The Balaban J connectivity index is 1.99. The lowest BCUT2D eigenvalue weighted by Crippen LogP contribution is -2.26. The third-order valence-electron chi connectivity index (χ3n) is 2.96. The van der Waals surface area contributed by atoms with Gasteiger partial charge in [-0.25, -0.2) is 4.79 Å². The van der Waals surface area contributed by atoms with Crippen LogP contribution in [-0.4, -0.2) is 30.4 Å². The molecule has 1 heterocycles. The van der Waals surface area contributed by atoms with Crippen LogP contribution in [0.25, 0.3) is 0 Å². The summed E-state index contributed by atoms with van der Waals surface area (Å²) in [6, 6.07) is 4.45. The van der Waals surface area contributed by atoms with Gasteiger partial charge >= 0.3 is 5.97 Å². The van der Waals surface area contributed by atoms with E-state index in [-0.39, 0.29) is 11.7 Å². The van der Waals surface area contributed by atoms with Crippen molar-refractivity contribution in [2.45, 2.75) is 25.4 Å². The van der Waals surface area contributed by atoms with Crippen molar-refractivity contribution in [3.8, 4) is 5.75 Å². The first kappa shape index (κ1) is 12.7. The summed E-state index contributed by atoms with van der Waals surface area (Å²) in [5.41, 5.74) is 6.36. The number of hydrogen-bond acceptors (Lipinski definition) is 4. The topological polar surface area (TPSA) is 81.8 Å². The summed E-state index contributed by atoms with van der Waals surface area (Å²) in [7, 11) is 0. The van der Waals surface area contributed by atoms with Crippen LogP contribution in [0.15, 0.2) is 18.2 Å². The quantitative estimate of drug-likeness (QED) is 0.799. The van der Waals surface area contributed by atoms with Gasteiger partial charge < -0.3 is 20.3 Å². The summed E-state index contributed by atoms with van der Waals surface area (Å²) in [4.78, 5) is 10.8. The van der Waals surface area contributed by atoms with Gasteiger partial charge in [0, 0.05) is 6.61 Å². The fourth-order valence-electron chi connectivity index (χ4n) is 1.91. The largest absolute Gasteiger partial charge is 0.489 e. The lowest BCUT2D eigenvalue weighted by Gasteiger charge is -2.23. The maximum Gasteiger partial charge on any atom is 0.335 e. The van der Waals surface area contributed by atoms with Crippen molar-refractivity contribution in [1.82, 2.24) is 0 Å². The maximum atomic E-state index is 10.8. The molecule has 0 radical (unpaired) electrons. The van der Waals surface area contributed by atoms with Crippen molar-refractivity contribution in [1.29, 1.82) is 0 Å². The van der Waals surface area contributed by atoms with Crippen molar-refractivity contribution in [2.24, 2.45) is 0 Å². The van der Waals surface area contributed by atoms with Gasteiger partial charge in [0.25, 0.3) is 0 Å². The summed E-state index contributed by atoms with van der Waals surface area (Å²) in [6.45, 7) is 1.17. The number of benzene rings is 1. The highest BCUT2D eigenvalue weighted by Crippen LogP contribution is 2.24. The molecule has 3 N–H and O–H groups in total. The second-order valence-electron chi connectivity index (χ2n) is 4.36. The molecule has 98 valence electrons. The number of nitrogen functional groups attached to an aromatic ring is 1. The molecule has 5 heteroatoms. The molecule has 1 atom stereocenters. The van der Waals surface area contributed by atoms with E-state index in [0.29, 0.717) is 18.0 Å². The number of rotatable bonds is 4. The standard InChI is InChI=1S/C13H17NO4/c14-11-5-4-9(13(15)16)7-12(11)18-8-10-3-1-2-6-17-10/h4-5,7,10H,1-3,6,8,14H2,(H,15,16). The molecule has 5 nitrogen and oxygen atoms in total. The third kappa shape index (κ3) is 3.13. The van der Waals surface area contributed by atoms with Crippen molar-refractivity contribution >= 4 is 11.7 Å². The van der Waals surface area contributed by atoms with Gasteiger partial charge in [-0.05, 0) is 37.5 Å². The van der Waals surface area contributed by atoms with Crippen LogP contribution in [0.2, 0.25) is 0 Å². The van der Waals surface area contributed by atoms with Crippen molar-refractivity contribution in [3.63, 3.8) is 0 Å². The lowest BCUT2D eigenvalue weighted by atomic mass is 10.1. The van der Waals surface area contributed by atoms with E-state index in [1.807, 2.05) is 0 Å². The molecule has 1 aromatic carbocycles. The Labute approximate surface area is 106 Å².